The molecule has 1 unspecified atom stereocenters. The van der Waals surface area contributed by atoms with Crippen LogP contribution >= 0.6 is 0 Å². The molecule has 1 aromatic carbocycles. The Morgan fingerprint density at radius 1 is 1.35 bits per heavy atom. The minimum absolute atomic E-state index is 0.0296. The van der Waals surface area contributed by atoms with Crippen molar-refractivity contribution in [3.05, 3.63) is 29.5 Å². The third-order valence-corrected chi connectivity index (χ3v) is 3.23. The van der Waals surface area contributed by atoms with E-state index in [2.05, 4.69) is 4.98 Å². The van der Waals surface area contributed by atoms with Gasteiger partial charge in [0.25, 0.3) is 0 Å². The van der Waals surface area contributed by atoms with Gasteiger partial charge in [0, 0.05) is 11.5 Å². The lowest BCUT2D eigenvalue weighted by Crippen LogP contribution is -2.08. The molecule has 0 amide bonds. The highest BCUT2D eigenvalue weighted by atomic mass is 16.5. The molecule has 0 fully saturated rings. The molecule has 0 saturated carbocycles. The number of carboxylic acids is 2. The number of methoxy groups -OCH3 is 1. The molecule has 3 N–H and O–H groups in total. The van der Waals surface area contributed by atoms with E-state index in [0.29, 0.717) is 22.2 Å². The van der Waals surface area contributed by atoms with Crippen LogP contribution in [0.3, 0.4) is 0 Å². The van der Waals surface area contributed by atoms with Gasteiger partial charge in [-0.05, 0) is 23.6 Å². The molecule has 20 heavy (non-hydrogen) atoms. The largest absolute Gasteiger partial charge is 0.497 e. The lowest BCUT2D eigenvalue weighted by atomic mass is 9.94. The minimum Gasteiger partial charge on any atom is -0.497 e. The van der Waals surface area contributed by atoms with E-state index >= 15 is 0 Å². The maximum Gasteiger partial charge on any atom is 0.352 e. The topological polar surface area (TPSA) is 99.6 Å². The summed E-state index contributed by atoms with van der Waals surface area (Å²) in [7, 11) is 1.52. The van der Waals surface area contributed by atoms with Crippen molar-refractivity contribution in [1.29, 1.82) is 0 Å². The van der Waals surface area contributed by atoms with Crippen LogP contribution in [0.1, 0.15) is 35.3 Å². The van der Waals surface area contributed by atoms with Gasteiger partial charge in [-0.3, -0.25) is 4.79 Å². The van der Waals surface area contributed by atoms with Gasteiger partial charge in [-0.1, -0.05) is 6.92 Å². The van der Waals surface area contributed by atoms with Gasteiger partial charge in [0.2, 0.25) is 0 Å². The van der Waals surface area contributed by atoms with Gasteiger partial charge in [-0.25, -0.2) is 4.79 Å². The number of rotatable bonds is 5. The van der Waals surface area contributed by atoms with Crippen molar-refractivity contribution in [1.82, 2.24) is 4.98 Å². The van der Waals surface area contributed by atoms with E-state index in [4.69, 9.17) is 9.84 Å². The first kappa shape index (κ1) is 13.9. The van der Waals surface area contributed by atoms with Crippen LogP contribution < -0.4 is 4.74 Å². The SMILES string of the molecule is COc1ccc2c(C(C)CC(=O)O)c(C(=O)O)[nH]c2c1. The van der Waals surface area contributed by atoms with Crippen LogP contribution in [-0.4, -0.2) is 34.2 Å². The van der Waals surface area contributed by atoms with Crippen LogP contribution in [-0.2, 0) is 4.79 Å². The third-order valence-electron chi connectivity index (χ3n) is 3.23. The Balaban J connectivity index is 2.62. The molecule has 0 aliphatic rings. The molecular weight excluding hydrogens is 262 g/mol. The highest BCUT2D eigenvalue weighted by Gasteiger charge is 2.23. The van der Waals surface area contributed by atoms with Gasteiger partial charge >= 0.3 is 11.9 Å². The first-order chi connectivity index (χ1) is 9.43. The van der Waals surface area contributed by atoms with E-state index in [-0.39, 0.29) is 12.1 Å². The first-order valence-electron chi connectivity index (χ1n) is 6.08. The molecule has 6 nitrogen and oxygen atoms in total. The first-order valence-corrected chi connectivity index (χ1v) is 6.08. The van der Waals surface area contributed by atoms with Crippen molar-refractivity contribution in [2.45, 2.75) is 19.3 Å². The highest BCUT2D eigenvalue weighted by Crippen LogP contribution is 2.33. The molecule has 2 rings (SSSR count). The van der Waals surface area contributed by atoms with E-state index in [1.165, 1.54) is 7.11 Å². The Morgan fingerprint density at radius 2 is 2.05 bits per heavy atom. The maximum absolute atomic E-state index is 11.3. The second-order valence-electron chi connectivity index (χ2n) is 4.63. The number of aliphatic carboxylic acids is 1. The third kappa shape index (κ3) is 2.45. The summed E-state index contributed by atoms with van der Waals surface area (Å²) in [5, 5.41) is 18.9. The number of ether oxygens (including phenoxy) is 1. The highest BCUT2D eigenvalue weighted by molar-refractivity contribution is 5.98. The van der Waals surface area contributed by atoms with Crippen LogP contribution in [0.5, 0.6) is 5.75 Å². The Morgan fingerprint density at radius 3 is 2.60 bits per heavy atom. The summed E-state index contributed by atoms with van der Waals surface area (Å²) in [6.07, 6.45) is -0.126. The van der Waals surface area contributed by atoms with Gasteiger partial charge in [-0.2, -0.15) is 0 Å². The molecule has 0 aliphatic carbocycles. The van der Waals surface area contributed by atoms with Crippen molar-refractivity contribution in [3.63, 3.8) is 0 Å². The molecule has 2 aromatic rings. The van der Waals surface area contributed by atoms with E-state index < -0.39 is 17.9 Å². The summed E-state index contributed by atoms with van der Waals surface area (Å²) in [5.41, 5.74) is 1.16. The smallest absolute Gasteiger partial charge is 0.352 e. The molecule has 1 atom stereocenters. The van der Waals surface area contributed by atoms with E-state index in [9.17, 15) is 14.7 Å². The molecule has 0 bridgehead atoms. The zero-order valence-corrected chi connectivity index (χ0v) is 11.1. The van der Waals surface area contributed by atoms with Crippen LogP contribution in [0.15, 0.2) is 18.2 Å². The molecule has 0 aliphatic heterocycles. The molecule has 106 valence electrons. The lowest BCUT2D eigenvalue weighted by molar-refractivity contribution is -0.137. The Hall–Kier alpha value is -2.50. The van der Waals surface area contributed by atoms with Crippen LogP contribution in [0.4, 0.5) is 0 Å². The predicted octanol–water partition coefficient (Wildman–Crippen LogP) is 2.45. The van der Waals surface area contributed by atoms with Crippen LogP contribution in [0.2, 0.25) is 0 Å². The summed E-state index contributed by atoms with van der Waals surface area (Å²) < 4.78 is 5.10. The number of nitrogens with one attached hydrogen (secondary N) is 1. The number of fused-ring (bicyclic) bond motifs is 1. The van der Waals surface area contributed by atoms with Crippen molar-refractivity contribution in [2.24, 2.45) is 0 Å². The molecule has 6 heteroatoms. The van der Waals surface area contributed by atoms with Gasteiger partial charge in [0.1, 0.15) is 11.4 Å². The van der Waals surface area contributed by atoms with Gasteiger partial charge in [0.05, 0.1) is 19.0 Å². The molecule has 0 spiro atoms. The van der Waals surface area contributed by atoms with Gasteiger partial charge in [0.15, 0.2) is 0 Å². The number of aromatic nitrogens is 1. The summed E-state index contributed by atoms with van der Waals surface area (Å²) in [6, 6.07) is 5.16. The number of hydrogen-bond acceptors (Lipinski definition) is 3. The van der Waals surface area contributed by atoms with Crippen LogP contribution in [0.25, 0.3) is 10.9 Å². The maximum atomic E-state index is 11.3. The number of aromatic carboxylic acids is 1. The molecule has 1 aromatic heterocycles. The van der Waals surface area contributed by atoms with E-state index in [1.807, 2.05) is 0 Å². The second-order valence-corrected chi connectivity index (χ2v) is 4.63. The van der Waals surface area contributed by atoms with Crippen molar-refractivity contribution >= 4 is 22.8 Å². The zero-order chi connectivity index (χ0) is 14.9. The average Bonchev–Trinajstić information content (AvgIpc) is 2.76. The lowest BCUT2D eigenvalue weighted by Gasteiger charge is -2.09. The Labute approximate surface area is 115 Å². The Kier molecular flexibility index (Phi) is 3.65. The number of H-pyrrole nitrogens is 1. The fraction of sp³-hybridized carbons (Fsp3) is 0.286. The monoisotopic (exact) mass is 277 g/mol. The molecule has 0 saturated heterocycles. The zero-order valence-electron chi connectivity index (χ0n) is 11.1. The van der Waals surface area contributed by atoms with E-state index in [0.717, 1.165) is 0 Å². The van der Waals surface area contributed by atoms with Gasteiger partial charge < -0.3 is 19.9 Å². The fourth-order valence-electron chi connectivity index (χ4n) is 2.37. The van der Waals surface area contributed by atoms with Crippen LogP contribution in [0, 0.1) is 0 Å². The van der Waals surface area contributed by atoms with E-state index in [1.54, 1.807) is 25.1 Å². The molecular formula is C14H15NO5. The second kappa shape index (κ2) is 5.24. The standard InChI is InChI=1S/C14H15NO5/c1-7(5-11(16)17)12-9-4-3-8(20-2)6-10(9)15-13(12)14(18)19/h3-4,6-7,15H,5H2,1-2H3,(H,16,17)(H,18,19). The number of benzene rings is 1. The fourth-order valence-corrected chi connectivity index (χ4v) is 2.37. The molecule has 1 heterocycles. The number of carboxylic acid groups (broad SMARTS) is 2. The number of carbonyl (C=O) groups is 2. The van der Waals surface area contributed by atoms with Gasteiger partial charge in [-0.15, -0.1) is 0 Å². The van der Waals surface area contributed by atoms with Crippen molar-refractivity contribution in [2.75, 3.05) is 7.11 Å². The quantitative estimate of drug-likeness (QED) is 0.779. The normalized spacial score (nSPS) is 12.3. The Bertz CT molecular complexity index is 673. The number of hydrogen-bond donors (Lipinski definition) is 3. The minimum atomic E-state index is -1.10. The van der Waals surface area contributed by atoms with Crippen molar-refractivity contribution in [3.8, 4) is 5.75 Å². The molecule has 0 radical (unpaired) electrons. The summed E-state index contributed by atoms with van der Waals surface area (Å²) in [4.78, 5) is 25.0. The van der Waals surface area contributed by atoms with Crippen molar-refractivity contribution < 1.29 is 24.5 Å². The summed E-state index contributed by atoms with van der Waals surface area (Å²) in [6.45, 7) is 1.70. The summed E-state index contributed by atoms with van der Waals surface area (Å²) >= 11 is 0. The average molecular weight is 277 g/mol. The predicted molar refractivity (Wildman–Crippen MR) is 72.5 cm³/mol. The summed E-state index contributed by atoms with van der Waals surface area (Å²) in [5.74, 6) is -1.86. The number of aromatic amines is 1.